The Labute approximate surface area is 112 Å². The second-order valence-corrected chi connectivity index (χ2v) is 4.48. The molecule has 1 aliphatic carbocycles. The van der Waals surface area contributed by atoms with Crippen LogP contribution in [0, 0.1) is 18.8 Å². The molecule has 0 bridgehead atoms. The van der Waals surface area contributed by atoms with E-state index in [1.807, 2.05) is 0 Å². The molecule has 1 heterocycles. The summed E-state index contributed by atoms with van der Waals surface area (Å²) < 4.78 is 4.83. The molecule has 0 aliphatic heterocycles. The van der Waals surface area contributed by atoms with Gasteiger partial charge in [0.15, 0.2) is 5.82 Å². The van der Waals surface area contributed by atoms with Crippen LogP contribution in [0.15, 0.2) is 4.52 Å². The largest absolute Gasteiger partial charge is 0.348 e. The van der Waals surface area contributed by atoms with Gasteiger partial charge in [-0.2, -0.15) is 4.98 Å². The molecule has 2 atom stereocenters. The first-order valence-electron chi connectivity index (χ1n) is 5.97. The molecule has 1 aromatic rings. The van der Waals surface area contributed by atoms with Gasteiger partial charge in [-0.3, -0.25) is 4.79 Å². The molecule has 1 fully saturated rings. The van der Waals surface area contributed by atoms with Gasteiger partial charge in [-0.05, 0) is 25.3 Å². The first kappa shape index (κ1) is 14.9. The molecule has 0 aromatic carbocycles. The Morgan fingerprint density at radius 3 is 2.94 bits per heavy atom. The van der Waals surface area contributed by atoms with Crippen molar-refractivity contribution in [1.29, 1.82) is 0 Å². The Bertz CT molecular complexity index is 396. The average molecular weight is 275 g/mol. The Morgan fingerprint density at radius 1 is 1.56 bits per heavy atom. The highest BCUT2D eigenvalue weighted by Crippen LogP contribution is 2.30. The number of nitrogens with one attached hydrogen (secondary N) is 1. The third kappa shape index (κ3) is 3.43. The van der Waals surface area contributed by atoms with Gasteiger partial charge in [-0.1, -0.05) is 11.6 Å². The Hall–Kier alpha value is -1.14. The van der Waals surface area contributed by atoms with E-state index in [1.165, 1.54) is 0 Å². The standard InChI is InChI=1S/C11H18N4O2.ClH/c1-7-14-10(15-17-7)6-13-11(16)9-4-2-3-8(9)5-12;/h8-9H,2-6,12H2,1H3,(H,13,16);1H/t8-,9-;/m1./s1. The number of rotatable bonds is 4. The lowest BCUT2D eigenvalue weighted by Gasteiger charge is -2.16. The number of amides is 1. The number of carbonyl (C=O) groups is 1. The molecule has 6 nitrogen and oxygen atoms in total. The van der Waals surface area contributed by atoms with Crippen LogP contribution in [0.3, 0.4) is 0 Å². The van der Waals surface area contributed by atoms with Gasteiger partial charge in [0, 0.05) is 12.8 Å². The van der Waals surface area contributed by atoms with Crippen LogP contribution in [0.2, 0.25) is 0 Å². The van der Waals surface area contributed by atoms with Gasteiger partial charge < -0.3 is 15.6 Å². The van der Waals surface area contributed by atoms with E-state index in [0.29, 0.717) is 30.7 Å². The van der Waals surface area contributed by atoms with Crippen molar-refractivity contribution >= 4 is 18.3 Å². The predicted molar refractivity (Wildman–Crippen MR) is 68.0 cm³/mol. The molecule has 0 radical (unpaired) electrons. The van der Waals surface area contributed by atoms with Crippen LogP contribution in [0.5, 0.6) is 0 Å². The summed E-state index contributed by atoms with van der Waals surface area (Å²) in [5.74, 6) is 1.45. The van der Waals surface area contributed by atoms with Gasteiger partial charge in [0.2, 0.25) is 11.8 Å². The molecule has 1 aromatic heterocycles. The summed E-state index contributed by atoms with van der Waals surface area (Å²) in [6.07, 6.45) is 3.07. The highest BCUT2D eigenvalue weighted by molar-refractivity contribution is 5.85. The fourth-order valence-electron chi connectivity index (χ4n) is 2.37. The Morgan fingerprint density at radius 2 is 2.33 bits per heavy atom. The SMILES string of the molecule is Cc1nc(CNC(=O)[C@@H]2CCC[C@@H]2CN)no1.Cl. The fourth-order valence-corrected chi connectivity index (χ4v) is 2.37. The molecular weight excluding hydrogens is 256 g/mol. The first-order chi connectivity index (χ1) is 8.20. The lowest BCUT2D eigenvalue weighted by molar-refractivity contribution is -0.126. The lowest BCUT2D eigenvalue weighted by atomic mass is 9.95. The average Bonchev–Trinajstić information content (AvgIpc) is 2.94. The maximum Gasteiger partial charge on any atom is 0.223 e. The lowest BCUT2D eigenvalue weighted by Crippen LogP contribution is -2.34. The smallest absolute Gasteiger partial charge is 0.223 e. The van der Waals surface area contributed by atoms with E-state index in [4.69, 9.17) is 10.3 Å². The normalized spacial score (nSPS) is 22.6. The van der Waals surface area contributed by atoms with Crippen molar-refractivity contribution in [1.82, 2.24) is 15.5 Å². The highest BCUT2D eigenvalue weighted by atomic mass is 35.5. The van der Waals surface area contributed by atoms with Gasteiger partial charge in [0.25, 0.3) is 0 Å². The predicted octanol–water partition coefficient (Wildman–Crippen LogP) is 0.791. The van der Waals surface area contributed by atoms with Crippen LogP contribution in [0.1, 0.15) is 31.0 Å². The zero-order valence-corrected chi connectivity index (χ0v) is 11.2. The van der Waals surface area contributed by atoms with Crippen molar-refractivity contribution < 1.29 is 9.32 Å². The molecule has 1 saturated carbocycles. The first-order valence-corrected chi connectivity index (χ1v) is 5.97. The van der Waals surface area contributed by atoms with Crippen molar-refractivity contribution in [3.05, 3.63) is 11.7 Å². The van der Waals surface area contributed by atoms with Crippen LogP contribution in [-0.2, 0) is 11.3 Å². The van der Waals surface area contributed by atoms with E-state index in [-0.39, 0.29) is 24.2 Å². The van der Waals surface area contributed by atoms with Crippen molar-refractivity contribution in [3.8, 4) is 0 Å². The van der Waals surface area contributed by atoms with Gasteiger partial charge in [0.1, 0.15) is 0 Å². The van der Waals surface area contributed by atoms with Crippen LogP contribution < -0.4 is 11.1 Å². The summed E-state index contributed by atoms with van der Waals surface area (Å²) in [5, 5.41) is 6.57. The van der Waals surface area contributed by atoms with Crippen molar-refractivity contribution in [2.75, 3.05) is 6.54 Å². The molecule has 0 unspecified atom stereocenters. The third-order valence-electron chi connectivity index (χ3n) is 3.29. The minimum Gasteiger partial charge on any atom is -0.348 e. The maximum atomic E-state index is 11.9. The summed E-state index contributed by atoms with van der Waals surface area (Å²) in [6, 6.07) is 0. The van der Waals surface area contributed by atoms with Crippen molar-refractivity contribution in [3.63, 3.8) is 0 Å². The number of nitrogens with two attached hydrogens (primary N) is 1. The summed E-state index contributed by atoms with van der Waals surface area (Å²) in [4.78, 5) is 16.0. The Kier molecular flexibility index (Phi) is 5.55. The van der Waals surface area contributed by atoms with Crippen LogP contribution in [0.4, 0.5) is 0 Å². The topological polar surface area (TPSA) is 94.0 Å². The van der Waals surface area contributed by atoms with Gasteiger partial charge in [-0.25, -0.2) is 0 Å². The zero-order chi connectivity index (χ0) is 12.3. The number of aryl methyl sites for hydroxylation is 1. The molecule has 102 valence electrons. The van der Waals surface area contributed by atoms with E-state index < -0.39 is 0 Å². The molecule has 0 saturated heterocycles. The maximum absolute atomic E-state index is 11.9. The number of hydrogen-bond acceptors (Lipinski definition) is 5. The van der Waals surface area contributed by atoms with Crippen molar-refractivity contribution in [2.24, 2.45) is 17.6 Å². The molecule has 2 rings (SSSR count). The quantitative estimate of drug-likeness (QED) is 0.847. The minimum absolute atomic E-state index is 0. The van der Waals surface area contributed by atoms with E-state index in [0.717, 1.165) is 19.3 Å². The van der Waals surface area contributed by atoms with Gasteiger partial charge in [-0.15, -0.1) is 12.4 Å². The van der Waals surface area contributed by atoms with Gasteiger partial charge in [0.05, 0.1) is 6.54 Å². The summed E-state index contributed by atoms with van der Waals surface area (Å²) in [6.45, 7) is 2.63. The number of halogens is 1. The fraction of sp³-hybridized carbons (Fsp3) is 0.727. The molecule has 0 spiro atoms. The molecule has 3 N–H and O–H groups in total. The molecule has 7 heteroatoms. The van der Waals surface area contributed by atoms with Crippen LogP contribution in [-0.4, -0.2) is 22.6 Å². The van der Waals surface area contributed by atoms with E-state index >= 15 is 0 Å². The molecular formula is C11H19ClN4O2. The molecule has 18 heavy (non-hydrogen) atoms. The number of carbonyl (C=O) groups excluding carboxylic acids is 1. The minimum atomic E-state index is 0. The summed E-state index contributed by atoms with van der Waals surface area (Å²) in [5.41, 5.74) is 5.65. The Balaban J connectivity index is 0.00000162. The summed E-state index contributed by atoms with van der Waals surface area (Å²) >= 11 is 0. The number of aromatic nitrogens is 2. The third-order valence-corrected chi connectivity index (χ3v) is 3.29. The zero-order valence-electron chi connectivity index (χ0n) is 10.4. The van der Waals surface area contributed by atoms with Crippen LogP contribution in [0.25, 0.3) is 0 Å². The summed E-state index contributed by atoms with van der Waals surface area (Å²) in [7, 11) is 0. The second kappa shape index (κ2) is 6.70. The second-order valence-electron chi connectivity index (χ2n) is 4.48. The number of hydrogen-bond donors (Lipinski definition) is 2. The van der Waals surface area contributed by atoms with Crippen molar-refractivity contribution in [2.45, 2.75) is 32.7 Å². The number of nitrogens with zero attached hydrogens (tertiary/aromatic N) is 2. The molecule has 1 aliphatic rings. The molecule has 1 amide bonds. The monoisotopic (exact) mass is 274 g/mol. The van der Waals surface area contributed by atoms with E-state index in [1.54, 1.807) is 6.92 Å². The van der Waals surface area contributed by atoms with Gasteiger partial charge >= 0.3 is 0 Å². The van der Waals surface area contributed by atoms with E-state index in [2.05, 4.69) is 15.5 Å². The van der Waals surface area contributed by atoms with E-state index in [9.17, 15) is 4.79 Å². The highest BCUT2D eigenvalue weighted by Gasteiger charge is 2.31. The van der Waals surface area contributed by atoms with Crippen LogP contribution >= 0.6 is 12.4 Å².